The maximum absolute atomic E-state index is 5.95. The second-order valence-corrected chi connectivity index (χ2v) is 4.39. The van der Waals surface area contributed by atoms with Gasteiger partial charge in [0.15, 0.2) is 5.82 Å². The minimum Gasteiger partial charge on any atom is -0.393 e. The second-order valence-electron chi connectivity index (χ2n) is 3.14. The van der Waals surface area contributed by atoms with E-state index in [0.29, 0.717) is 0 Å². The third-order valence-electron chi connectivity index (χ3n) is 2.23. The van der Waals surface area contributed by atoms with E-state index in [1.807, 2.05) is 4.68 Å². The van der Waals surface area contributed by atoms with Crippen LogP contribution in [-0.2, 0) is 0 Å². The summed E-state index contributed by atoms with van der Waals surface area (Å²) in [7, 11) is 0. The van der Waals surface area contributed by atoms with Gasteiger partial charge in [0.05, 0.1) is 0 Å². The van der Waals surface area contributed by atoms with Gasteiger partial charge < -0.3 is 11.2 Å². The fraction of sp³-hybridized carbons (Fsp3) is 0.625. The topological polar surface area (TPSA) is 67.9 Å². The van der Waals surface area contributed by atoms with Crippen molar-refractivity contribution in [2.45, 2.75) is 31.5 Å². The van der Waals surface area contributed by atoms with Crippen LogP contribution >= 0.6 is 11.8 Å². The van der Waals surface area contributed by atoms with E-state index >= 15 is 0 Å². The molecule has 0 fully saturated rings. The van der Waals surface area contributed by atoms with Crippen molar-refractivity contribution < 1.29 is 0 Å². The Morgan fingerprint density at radius 1 is 1.57 bits per heavy atom. The van der Waals surface area contributed by atoms with Crippen molar-refractivity contribution in [3.8, 4) is 0 Å². The molecule has 1 aliphatic rings. The molecule has 0 amide bonds. The molecule has 14 heavy (non-hydrogen) atoms. The van der Waals surface area contributed by atoms with E-state index in [1.54, 1.807) is 11.8 Å². The summed E-state index contributed by atoms with van der Waals surface area (Å²) < 4.78 is 1.92. The van der Waals surface area contributed by atoms with E-state index in [4.69, 9.17) is 5.73 Å². The molecule has 1 aromatic rings. The summed E-state index contributed by atoms with van der Waals surface area (Å²) in [4.78, 5) is 0. The summed E-state index contributed by atoms with van der Waals surface area (Å²) in [5.74, 6) is 1.89. The average molecular weight is 213 g/mol. The molecular formula is C8H15N5S. The normalized spacial score (nSPS) is 19.4. The van der Waals surface area contributed by atoms with Gasteiger partial charge in [0.25, 0.3) is 0 Å². The molecule has 1 unspecified atom stereocenters. The summed E-state index contributed by atoms with van der Waals surface area (Å²) in [6.07, 6.45) is 1.20. The van der Waals surface area contributed by atoms with Gasteiger partial charge in [-0.3, -0.25) is 0 Å². The van der Waals surface area contributed by atoms with E-state index in [9.17, 15) is 0 Å². The summed E-state index contributed by atoms with van der Waals surface area (Å²) in [6, 6.07) is 0. The Morgan fingerprint density at radius 2 is 2.36 bits per heavy atom. The molecular weight excluding hydrogens is 198 g/mol. The molecule has 1 atom stereocenters. The molecule has 2 heterocycles. The van der Waals surface area contributed by atoms with Gasteiger partial charge in [-0.25, -0.2) is 10.1 Å². The van der Waals surface area contributed by atoms with Crippen molar-refractivity contribution >= 4 is 23.3 Å². The van der Waals surface area contributed by atoms with Crippen molar-refractivity contribution in [1.82, 2.24) is 15.2 Å². The number of rotatable bonds is 3. The predicted octanol–water partition coefficient (Wildman–Crippen LogP) is 1.42. The third-order valence-corrected chi connectivity index (χ3v) is 3.10. The van der Waals surface area contributed by atoms with E-state index in [0.717, 1.165) is 28.7 Å². The molecule has 1 aromatic heterocycles. The monoisotopic (exact) mass is 213 g/mol. The smallest absolute Gasteiger partial charge is 0.165 e. The molecule has 4 N–H and O–H groups in total. The van der Waals surface area contributed by atoms with Gasteiger partial charge in [0, 0.05) is 0 Å². The fourth-order valence-electron chi connectivity index (χ4n) is 1.51. The second kappa shape index (κ2) is 3.70. The van der Waals surface area contributed by atoms with Crippen LogP contribution < -0.4 is 16.6 Å². The van der Waals surface area contributed by atoms with Crippen LogP contribution in [0.25, 0.3) is 0 Å². The van der Waals surface area contributed by atoms with Crippen molar-refractivity contribution in [3.05, 3.63) is 0 Å². The zero-order valence-electron chi connectivity index (χ0n) is 8.37. The number of thioether (sulfide) groups is 1. The van der Waals surface area contributed by atoms with Crippen LogP contribution in [0.1, 0.15) is 26.4 Å². The molecule has 2 rings (SSSR count). The molecule has 0 spiro atoms. The highest BCUT2D eigenvalue weighted by Gasteiger charge is 2.25. The van der Waals surface area contributed by atoms with Crippen molar-refractivity contribution in [1.29, 1.82) is 0 Å². The molecule has 5 nitrogen and oxygen atoms in total. The van der Waals surface area contributed by atoms with Gasteiger partial charge in [-0.05, 0) is 12.2 Å². The van der Waals surface area contributed by atoms with Gasteiger partial charge >= 0.3 is 0 Å². The Kier molecular flexibility index (Phi) is 2.56. The first-order chi connectivity index (χ1) is 6.77. The van der Waals surface area contributed by atoms with Crippen LogP contribution in [0.4, 0.5) is 11.5 Å². The Balaban J connectivity index is 2.33. The van der Waals surface area contributed by atoms with E-state index in [-0.39, 0.29) is 6.17 Å². The largest absolute Gasteiger partial charge is 0.393 e. The Hall–Kier alpha value is -0.880. The summed E-state index contributed by atoms with van der Waals surface area (Å²) in [6.45, 7) is 4.20. The number of nitrogens with two attached hydrogens (primary N) is 1. The minimum atomic E-state index is 0.221. The van der Waals surface area contributed by atoms with E-state index in [1.165, 1.54) is 0 Å². The zero-order valence-corrected chi connectivity index (χ0v) is 9.19. The maximum Gasteiger partial charge on any atom is 0.165 e. The van der Waals surface area contributed by atoms with Crippen LogP contribution in [0.2, 0.25) is 0 Å². The van der Waals surface area contributed by atoms with Gasteiger partial charge in [-0.2, -0.15) is 5.10 Å². The van der Waals surface area contributed by atoms with Crippen LogP contribution in [0.3, 0.4) is 0 Å². The number of nitrogens with one attached hydrogen (secondary N) is 2. The van der Waals surface area contributed by atoms with Crippen molar-refractivity contribution in [2.24, 2.45) is 0 Å². The van der Waals surface area contributed by atoms with E-state index < -0.39 is 0 Å². The van der Waals surface area contributed by atoms with Crippen molar-refractivity contribution in [3.63, 3.8) is 0 Å². The number of nitrogen functional groups attached to an aromatic ring is 1. The Labute approximate surface area is 87.4 Å². The lowest BCUT2D eigenvalue weighted by molar-refractivity contribution is 0.424. The van der Waals surface area contributed by atoms with Gasteiger partial charge in [0.1, 0.15) is 16.9 Å². The number of hydrogen-bond donors (Lipinski definition) is 3. The lowest BCUT2D eigenvalue weighted by Crippen LogP contribution is -2.21. The van der Waals surface area contributed by atoms with Crippen molar-refractivity contribution in [2.75, 3.05) is 16.9 Å². The summed E-state index contributed by atoms with van der Waals surface area (Å²) in [5.41, 5.74) is 12.9. The number of anilines is 2. The SMILES string of the molecule is CCSc1nn2c(c1N)NNC2CC. The third kappa shape index (κ3) is 1.34. The molecule has 0 aliphatic carbocycles. The first-order valence-corrected chi connectivity index (χ1v) is 5.78. The Morgan fingerprint density at radius 3 is 3.00 bits per heavy atom. The number of hydrogen-bond acceptors (Lipinski definition) is 5. The molecule has 0 radical (unpaired) electrons. The van der Waals surface area contributed by atoms with Crippen LogP contribution in [0.5, 0.6) is 0 Å². The number of fused-ring (bicyclic) bond motifs is 1. The lowest BCUT2D eigenvalue weighted by atomic mass is 10.4. The van der Waals surface area contributed by atoms with Gasteiger partial charge in [0.2, 0.25) is 0 Å². The Bertz CT molecular complexity index is 335. The van der Waals surface area contributed by atoms with Crippen LogP contribution in [0, 0.1) is 0 Å². The minimum absolute atomic E-state index is 0.221. The highest BCUT2D eigenvalue weighted by molar-refractivity contribution is 7.99. The predicted molar refractivity (Wildman–Crippen MR) is 59.1 cm³/mol. The molecule has 0 bridgehead atoms. The number of hydrazine groups is 1. The van der Waals surface area contributed by atoms with E-state index in [2.05, 4.69) is 29.8 Å². The molecule has 78 valence electrons. The zero-order chi connectivity index (χ0) is 10.1. The molecule has 0 saturated heterocycles. The highest BCUT2D eigenvalue weighted by Crippen LogP contribution is 2.34. The fourth-order valence-corrected chi connectivity index (χ4v) is 2.18. The lowest BCUT2D eigenvalue weighted by Gasteiger charge is -2.06. The quantitative estimate of drug-likeness (QED) is 0.662. The van der Waals surface area contributed by atoms with Crippen LogP contribution in [-0.4, -0.2) is 15.5 Å². The highest BCUT2D eigenvalue weighted by atomic mass is 32.2. The summed E-state index contributed by atoms with van der Waals surface area (Å²) in [5, 5.41) is 5.39. The standard InChI is InChI=1S/C8H15N5S/c1-3-5-10-11-7-6(9)8(14-4-2)12-13(5)7/h5,10-11H,3-4,9H2,1-2H3. The van der Waals surface area contributed by atoms with Gasteiger partial charge in [-0.1, -0.05) is 13.8 Å². The number of aromatic nitrogens is 2. The first-order valence-electron chi connectivity index (χ1n) is 4.80. The molecule has 0 saturated carbocycles. The average Bonchev–Trinajstić information content (AvgIpc) is 2.70. The van der Waals surface area contributed by atoms with Crippen LogP contribution in [0.15, 0.2) is 5.03 Å². The summed E-state index contributed by atoms with van der Waals surface area (Å²) >= 11 is 1.67. The molecule has 6 heteroatoms. The first kappa shape index (κ1) is 9.67. The molecule has 0 aromatic carbocycles. The maximum atomic E-state index is 5.95. The number of nitrogens with zero attached hydrogens (tertiary/aromatic N) is 2. The molecule has 1 aliphatic heterocycles. The van der Waals surface area contributed by atoms with Gasteiger partial charge in [-0.15, -0.1) is 11.8 Å².